The first-order valence-corrected chi connectivity index (χ1v) is 7.21. The molecule has 0 saturated heterocycles. The van der Waals surface area contributed by atoms with Crippen LogP contribution in [-0.4, -0.2) is 13.3 Å². The van der Waals surface area contributed by atoms with Crippen molar-refractivity contribution in [2.75, 3.05) is 12.4 Å². The highest BCUT2D eigenvalue weighted by atomic mass is 19.1. The molecule has 0 heterocycles. The normalized spacial score (nSPS) is 9.45. The number of aryl methyl sites for hydroxylation is 1. The van der Waals surface area contributed by atoms with Gasteiger partial charge in [-0.2, -0.15) is 0 Å². The van der Waals surface area contributed by atoms with Crippen LogP contribution in [0.15, 0.2) is 42.5 Å². The average molecular weight is 303 g/mol. The van der Waals surface area contributed by atoms with Gasteiger partial charge in [-0.25, -0.2) is 4.39 Å². The Morgan fingerprint density at radius 1 is 1.18 bits per heavy atom. The number of hydrogen-bond acceptors (Lipinski definition) is 3. The van der Waals surface area contributed by atoms with Crippen molar-refractivity contribution in [2.24, 2.45) is 0 Å². The molecule has 0 bridgehead atoms. The minimum absolute atomic E-state index is 0.216. The third-order valence-corrected chi connectivity index (χ3v) is 3.02. The van der Waals surface area contributed by atoms with E-state index < -0.39 is 0 Å². The Labute approximate surface area is 131 Å². The molecule has 0 amide bonds. The Morgan fingerprint density at radius 3 is 2.45 bits per heavy atom. The fraction of sp³-hybridized carbons (Fsp3) is 0.278. The first kappa shape index (κ1) is 17.7. The zero-order chi connectivity index (χ0) is 16.4. The van der Waals surface area contributed by atoms with E-state index in [0.717, 1.165) is 23.3 Å². The number of benzene rings is 2. The van der Waals surface area contributed by atoms with E-state index in [9.17, 15) is 9.18 Å². The third-order valence-electron chi connectivity index (χ3n) is 3.02. The summed E-state index contributed by atoms with van der Waals surface area (Å²) in [5, 5.41) is 2.97. The van der Waals surface area contributed by atoms with Crippen LogP contribution in [0.4, 0.5) is 10.1 Å². The maximum Gasteiger partial charge on any atom is 0.131 e. The van der Waals surface area contributed by atoms with E-state index in [1.807, 2.05) is 44.2 Å². The molecule has 4 heteroatoms. The molecule has 3 nitrogen and oxygen atoms in total. The third kappa shape index (κ3) is 5.20. The second-order valence-electron chi connectivity index (χ2n) is 4.65. The predicted molar refractivity (Wildman–Crippen MR) is 87.8 cm³/mol. The van der Waals surface area contributed by atoms with Crippen molar-refractivity contribution in [2.45, 2.75) is 26.9 Å². The molecule has 0 radical (unpaired) electrons. The minimum Gasteiger partial charge on any atom is -0.488 e. The molecule has 0 spiro atoms. The molecule has 2 aromatic carbocycles. The molecule has 0 aliphatic heterocycles. The quantitative estimate of drug-likeness (QED) is 0.835. The van der Waals surface area contributed by atoms with Crippen LogP contribution in [-0.2, 0) is 11.4 Å². The SMILES string of the molecule is CCC=O.CNc1cccc(F)c1COc1ccccc1C. The molecule has 118 valence electrons. The van der Waals surface area contributed by atoms with Gasteiger partial charge in [-0.15, -0.1) is 0 Å². The monoisotopic (exact) mass is 303 g/mol. The molecule has 0 fully saturated rings. The Balaban J connectivity index is 0.000000541. The van der Waals surface area contributed by atoms with Crippen molar-refractivity contribution in [3.63, 3.8) is 0 Å². The smallest absolute Gasteiger partial charge is 0.131 e. The lowest BCUT2D eigenvalue weighted by atomic mass is 10.1. The van der Waals surface area contributed by atoms with Crippen molar-refractivity contribution in [1.82, 2.24) is 0 Å². The molecular formula is C18H22FNO2. The lowest BCUT2D eigenvalue weighted by molar-refractivity contribution is -0.107. The molecule has 0 saturated carbocycles. The summed E-state index contributed by atoms with van der Waals surface area (Å²) in [4.78, 5) is 9.17. The van der Waals surface area contributed by atoms with Crippen molar-refractivity contribution in [3.05, 3.63) is 59.4 Å². The van der Waals surface area contributed by atoms with Crippen molar-refractivity contribution < 1.29 is 13.9 Å². The first-order chi connectivity index (χ1) is 10.6. The lowest BCUT2D eigenvalue weighted by Crippen LogP contribution is -2.04. The molecule has 0 aliphatic carbocycles. The summed E-state index contributed by atoms with van der Waals surface area (Å²) in [5.41, 5.74) is 2.34. The number of rotatable bonds is 5. The molecule has 2 aromatic rings. The number of anilines is 1. The summed E-state index contributed by atoms with van der Waals surface area (Å²) < 4.78 is 19.4. The van der Waals surface area contributed by atoms with Crippen molar-refractivity contribution in [3.8, 4) is 5.75 Å². The zero-order valence-corrected chi connectivity index (χ0v) is 13.2. The van der Waals surface area contributed by atoms with Gasteiger partial charge in [0.1, 0.15) is 24.5 Å². The van der Waals surface area contributed by atoms with E-state index in [4.69, 9.17) is 4.74 Å². The van der Waals surface area contributed by atoms with Crippen LogP contribution >= 0.6 is 0 Å². The number of carbonyl (C=O) groups is 1. The van der Waals surface area contributed by atoms with Gasteiger partial charge in [0.05, 0.1) is 0 Å². The zero-order valence-electron chi connectivity index (χ0n) is 13.2. The molecule has 0 unspecified atom stereocenters. The highest BCUT2D eigenvalue weighted by Gasteiger charge is 2.08. The highest BCUT2D eigenvalue weighted by Crippen LogP contribution is 2.22. The fourth-order valence-electron chi connectivity index (χ4n) is 1.81. The van der Waals surface area contributed by atoms with Gasteiger partial charge in [-0.05, 0) is 30.7 Å². The summed E-state index contributed by atoms with van der Waals surface area (Å²) in [6, 6.07) is 12.7. The van der Waals surface area contributed by atoms with Crippen molar-refractivity contribution >= 4 is 12.0 Å². The summed E-state index contributed by atoms with van der Waals surface area (Å²) in [5.74, 6) is 0.526. The topological polar surface area (TPSA) is 38.3 Å². The second-order valence-corrected chi connectivity index (χ2v) is 4.65. The molecule has 2 rings (SSSR count). The summed E-state index contributed by atoms with van der Waals surface area (Å²) in [7, 11) is 1.77. The van der Waals surface area contributed by atoms with Gasteiger partial charge in [-0.3, -0.25) is 0 Å². The molecule has 22 heavy (non-hydrogen) atoms. The van der Waals surface area contributed by atoms with Crippen LogP contribution in [0, 0.1) is 12.7 Å². The second kappa shape index (κ2) is 9.55. The van der Waals surface area contributed by atoms with Gasteiger partial charge in [0.25, 0.3) is 0 Å². The van der Waals surface area contributed by atoms with E-state index in [1.165, 1.54) is 6.07 Å². The van der Waals surface area contributed by atoms with E-state index >= 15 is 0 Å². The van der Waals surface area contributed by atoms with Crippen LogP contribution in [0.3, 0.4) is 0 Å². The van der Waals surface area contributed by atoms with Gasteiger partial charge < -0.3 is 14.8 Å². The number of ether oxygens (including phenoxy) is 1. The van der Waals surface area contributed by atoms with Gasteiger partial charge in [0, 0.05) is 24.7 Å². The fourth-order valence-corrected chi connectivity index (χ4v) is 1.81. The lowest BCUT2D eigenvalue weighted by Gasteiger charge is -2.12. The van der Waals surface area contributed by atoms with Gasteiger partial charge >= 0.3 is 0 Å². The van der Waals surface area contributed by atoms with E-state index in [0.29, 0.717) is 12.0 Å². The number of aldehydes is 1. The Kier molecular flexibility index (Phi) is 7.68. The first-order valence-electron chi connectivity index (χ1n) is 7.21. The van der Waals surface area contributed by atoms with Gasteiger partial charge in [0.2, 0.25) is 0 Å². The molecule has 1 N–H and O–H groups in total. The average Bonchev–Trinajstić information content (AvgIpc) is 2.55. The Hall–Kier alpha value is -2.36. The van der Waals surface area contributed by atoms with E-state index in [-0.39, 0.29) is 12.4 Å². The van der Waals surface area contributed by atoms with Crippen LogP contribution < -0.4 is 10.1 Å². The van der Waals surface area contributed by atoms with Gasteiger partial charge in [-0.1, -0.05) is 31.2 Å². The number of carbonyl (C=O) groups excluding carboxylic acids is 1. The maximum absolute atomic E-state index is 13.7. The van der Waals surface area contributed by atoms with Gasteiger partial charge in [0.15, 0.2) is 0 Å². The molecule has 0 atom stereocenters. The van der Waals surface area contributed by atoms with Crippen LogP contribution in [0.2, 0.25) is 0 Å². The van der Waals surface area contributed by atoms with Crippen LogP contribution in [0.25, 0.3) is 0 Å². The molecule has 0 aliphatic rings. The Bertz CT molecular complexity index is 599. The number of hydrogen-bond donors (Lipinski definition) is 1. The molecule has 0 aromatic heterocycles. The number of halogens is 1. The Morgan fingerprint density at radius 2 is 1.86 bits per heavy atom. The van der Waals surface area contributed by atoms with Crippen LogP contribution in [0.5, 0.6) is 5.75 Å². The highest BCUT2D eigenvalue weighted by molar-refractivity contribution is 5.51. The van der Waals surface area contributed by atoms with Crippen LogP contribution in [0.1, 0.15) is 24.5 Å². The summed E-state index contributed by atoms with van der Waals surface area (Å²) >= 11 is 0. The number of nitrogens with one attached hydrogen (secondary N) is 1. The standard InChI is InChI=1S/C15H16FNO.C3H6O/c1-11-6-3-4-9-15(11)18-10-12-13(16)7-5-8-14(12)17-2;1-2-3-4/h3-9,17H,10H2,1-2H3;3H,2H2,1H3. The van der Waals surface area contributed by atoms with E-state index in [2.05, 4.69) is 5.32 Å². The summed E-state index contributed by atoms with van der Waals surface area (Å²) in [6.45, 7) is 4.00. The largest absolute Gasteiger partial charge is 0.488 e. The molecular weight excluding hydrogens is 281 g/mol. The van der Waals surface area contributed by atoms with E-state index in [1.54, 1.807) is 13.1 Å². The van der Waals surface area contributed by atoms with Crippen molar-refractivity contribution in [1.29, 1.82) is 0 Å². The summed E-state index contributed by atoms with van der Waals surface area (Å²) in [6.07, 6.45) is 1.51. The minimum atomic E-state index is -0.254. The maximum atomic E-state index is 13.7. The number of para-hydroxylation sites is 1. The predicted octanol–water partition coefficient (Wildman–Crippen LogP) is 4.35.